The normalized spacial score (nSPS) is 10.8. The largest absolute Gasteiger partial charge is 0.489 e. The summed E-state index contributed by atoms with van der Waals surface area (Å²) in [5, 5.41) is 9.77. The molecule has 2 heterocycles. The van der Waals surface area contributed by atoms with Crippen molar-refractivity contribution in [3.8, 4) is 5.75 Å². The van der Waals surface area contributed by atoms with Crippen LogP contribution in [-0.2, 0) is 20.2 Å². The molecule has 0 fully saturated rings. The van der Waals surface area contributed by atoms with Crippen molar-refractivity contribution in [2.75, 3.05) is 0 Å². The number of carbonyl (C=O) groups excluding carboxylic acids is 1. The van der Waals surface area contributed by atoms with Crippen LogP contribution in [0.3, 0.4) is 0 Å². The quantitative estimate of drug-likeness (QED) is 0.685. The molecule has 0 bridgehead atoms. The van der Waals surface area contributed by atoms with Gasteiger partial charge in [-0.05, 0) is 49.1 Å². The number of amides is 1. The van der Waals surface area contributed by atoms with Gasteiger partial charge in [0.05, 0.1) is 11.1 Å². The predicted molar refractivity (Wildman–Crippen MR) is 104 cm³/mol. The van der Waals surface area contributed by atoms with Gasteiger partial charge >= 0.3 is 0 Å². The van der Waals surface area contributed by atoms with E-state index in [1.807, 2.05) is 50.5 Å². The number of hydrogen-bond acceptors (Lipinski definition) is 4. The molecule has 1 amide bonds. The highest BCUT2D eigenvalue weighted by Crippen LogP contribution is 2.23. The molecule has 5 nitrogen and oxygen atoms in total. The fraction of sp³-hybridized carbons (Fsp3) is 0.263. The van der Waals surface area contributed by atoms with Crippen LogP contribution in [0.1, 0.15) is 32.1 Å². The number of nitrogens with zero attached hydrogens (tertiary/aromatic N) is 2. The monoisotopic (exact) mass is 389 g/mol. The Balaban J connectivity index is 1.55. The Hall–Kier alpha value is -2.31. The molecule has 1 aromatic carbocycles. The highest BCUT2D eigenvalue weighted by Gasteiger charge is 2.11. The van der Waals surface area contributed by atoms with Crippen molar-refractivity contribution in [1.82, 2.24) is 15.1 Å². The summed E-state index contributed by atoms with van der Waals surface area (Å²) in [6.45, 7) is 4.79. The lowest BCUT2D eigenvalue weighted by atomic mass is 10.2. The van der Waals surface area contributed by atoms with E-state index in [0.717, 1.165) is 33.2 Å². The topological polar surface area (TPSA) is 56.1 Å². The van der Waals surface area contributed by atoms with Crippen LogP contribution < -0.4 is 10.1 Å². The summed E-state index contributed by atoms with van der Waals surface area (Å²) in [4.78, 5) is 13.0. The van der Waals surface area contributed by atoms with E-state index in [1.54, 1.807) is 10.9 Å². The van der Waals surface area contributed by atoms with Crippen molar-refractivity contribution in [3.63, 3.8) is 0 Å². The molecule has 0 atom stereocenters. The van der Waals surface area contributed by atoms with Gasteiger partial charge in [-0.25, -0.2) is 0 Å². The number of aryl methyl sites for hydroxylation is 2. The number of halogens is 1. The Morgan fingerprint density at radius 2 is 2.15 bits per heavy atom. The Labute approximate surface area is 161 Å². The Bertz CT molecular complexity index is 933. The van der Waals surface area contributed by atoms with E-state index in [2.05, 4.69) is 10.4 Å². The average molecular weight is 390 g/mol. The summed E-state index contributed by atoms with van der Waals surface area (Å²) in [6, 6.07) is 7.42. The number of hydrogen-bond donors (Lipinski definition) is 1. The second kappa shape index (κ2) is 7.93. The summed E-state index contributed by atoms with van der Waals surface area (Å²) in [5.41, 5.74) is 3.99. The number of benzene rings is 1. The summed E-state index contributed by atoms with van der Waals surface area (Å²) in [7, 11) is 1.88. The average Bonchev–Trinajstić information content (AvgIpc) is 3.22. The Kier molecular flexibility index (Phi) is 5.64. The van der Waals surface area contributed by atoms with E-state index >= 15 is 0 Å². The molecule has 0 saturated carbocycles. The first-order chi connectivity index (χ1) is 12.4. The van der Waals surface area contributed by atoms with Crippen molar-refractivity contribution in [1.29, 1.82) is 0 Å². The predicted octanol–water partition coefficient (Wildman–Crippen LogP) is 4.26. The number of ether oxygens (including phenoxy) is 1. The first kappa shape index (κ1) is 18.5. The summed E-state index contributed by atoms with van der Waals surface area (Å²) >= 11 is 7.43. The third kappa shape index (κ3) is 4.26. The number of aromatic nitrogens is 2. The standard InChI is InChI=1S/C19H20ClN3O2S/c1-12-6-16(4-5-17(12)20)25-10-14-7-18(26-11-14)19(24)21-8-15-9-22-23(3)13(15)2/h4-7,9,11H,8,10H2,1-3H3,(H,21,24). The van der Waals surface area contributed by atoms with Crippen molar-refractivity contribution in [2.24, 2.45) is 7.05 Å². The van der Waals surface area contributed by atoms with Gasteiger partial charge in [0.2, 0.25) is 0 Å². The Morgan fingerprint density at radius 3 is 2.85 bits per heavy atom. The fourth-order valence-corrected chi connectivity index (χ4v) is 3.35. The molecular formula is C19H20ClN3O2S. The highest BCUT2D eigenvalue weighted by molar-refractivity contribution is 7.12. The molecule has 0 aliphatic carbocycles. The van der Waals surface area contributed by atoms with Gasteiger partial charge in [-0.1, -0.05) is 11.6 Å². The van der Waals surface area contributed by atoms with E-state index in [4.69, 9.17) is 16.3 Å². The molecule has 26 heavy (non-hydrogen) atoms. The van der Waals surface area contributed by atoms with Gasteiger partial charge in [0.15, 0.2) is 0 Å². The molecule has 0 aliphatic heterocycles. The number of nitrogens with one attached hydrogen (secondary N) is 1. The van der Waals surface area contributed by atoms with Crippen LogP contribution in [0.4, 0.5) is 0 Å². The van der Waals surface area contributed by atoms with Crippen LogP contribution in [0, 0.1) is 13.8 Å². The van der Waals surface area contributed by atoms with Crippen molar-refractivity contribution in [2.45, 2.75) is 27.0 Å². The lowest BCUT2D eigenvalue weighted by Crippen LogP contribution is -2.22. The lowest BCUT2D eigenvalue weighted by Gasteiger charge is -2.06. The second-order valence-corrected chi connectivity index (χ2v) is 7.40. The van der Waals surface area contributed by atoms with Crippen molar-refractivity contribution in [3.05, 3.63) is 68.1 Å². The molecule has 0 aliphatic rings. The van der Waals surface area contributed by atoms with Gasteiger partial charge in [0.1, 0.15) is 12.4 Å². The summed E-state index contributed by atoms with van der Waals surface area (Å²) < 4.78 is 7.57. The van der Waals surface area contributed by atoms with Gasteiger partial charge in [0, 0.05) is 35.4 Å². The molecule has 3 aromatic rings. The van der Waals surface area contributed by atoms with Crippen LogP contribution in [0.15, 0.2) is 35.8 Å². The highest BCUT2D eigenvalue weighted by atomic mass is 35.5. The molecule has 0 unspecified atom stereocenters. The summed E-state index contributed by atoms with van der Waals surface area (Å²) in [5.74, 6) is 0.669. The van der Waals surface area contributed by atoms with Crippen LogP contribution in [-0.4, -0.2) is 15.7 Å². The SMILES string of the molecule is Cc1cc(OCc2csc(C(=O)NCc3cnn(C)c3C)c2)ccc1Cl. The van der Waals surface area contributed by atoms with E-state index in [1.165, 1.54) is 11.3 Å². The molecule has 0 radical (unpaired) electrons. The molecule has 1 N–H and O–H groups in total. The van der Waals surface area contributed by atoms with E-state index in [9.17, 15) is 4.79 Å². The molecule has 7 heteroatoms. The molecular weight excluding hydrogens is 370 g/mol. The third-order valence-electron chi connectivity index (χ3n) is 4.19. The first-order valence-corrected chi connectivity index (χ1v) is 9.42. The molecule has 0 saturated heterocycles. The molecule has 136 valence electrons. The van der Waals surface area contributed by atoms with Crippen LogP contribution in [0.2, 0.25) is 5.02 Å². The van der Waals surface area contributed by atoms with E-state index in [-0.39, 0.29) is 5.91 Å². The van der Waals surface area contributed by atoms with E-state index < -0.39 is 0 Å². The maximum atomic E-state index is 12.3. The minimum Gasteiger partial charge on any atom is -0.489 e. The van der Waals surface area contributed by atoms with E-state index in [0.29, 0.717) is 18.0 Å². The zero-order valence-corrected chi connectivity index (χ0v) is 16.4. The Morgan fingerprint density at radius 1 is 1.35 bits per heavy atom. The van der Waals surface area contributed by atoms with Gasteiger partial charge in [-0.15, -0.1) is 11.3 Å². The number of carbonyl (C=O) groups is 1. The van der Waals surface area contributed by atoms with Gasteiger partial charge < -0.3 is 10.1 Å². The number of thiophene rings is 1. The smallest absolute Gasteiger partial charge is 0.261 e. The van der Waals surface area contributed by atoms with Crippen LogP contribution in [0.25, 0.3) is 0 Å². The molecule has 2 aromatic heterocycles. The van der Waals surface area contributed by atoms with Gasteiger partial charge in [0.25, 0.3) is 5.91 Å². The van der Waals surface area contributed by atoms with Gasteiger partial charge in [-0.2, -0.15) is 5.10 Å². The molecule has 0 spiro atoms. The zero-order valence-electron chi connectivity index (χ0n) is 14.9. The minimum absolute atomic E-state index is 0.0909. The maximum Gasteiger partial charge on any atom is 0.261 e. The summed E-state index contributed by atoms with van der Waals surface area (Å²) in [6.07, 6.45) is 1.78. The third-order valence-corrected chi connectivity index (χ3v) is 5.59. The first-order valence-electron chi connectivity index (χ1n) is 8.16. The second-order valence-electron chi connectivity index (χ2n) is 6.08. The van der Waals surface area contributed by atoms with Crippen LogP contribution in [0.5, 0.6) is 5.75 Å². The minimum atomic E-state index is -0.0909. The van der Waals surface area contributed by atoms with Crippen LogP contribution >= 0.6 is 22.9 Å². The lowest BCUT2D eigenvalue weighted by molar-refractivity contribution is 0.0955. The van der Waals surface area contributed by atoms with Gasteiger partial charge in [-0.3, -0.25) is 9.48 Å². The zero-order chi connectivity index (χ0) is 18.7. The fourth-order valence-electron chi connectivity index (χ4n) is 2.42. The van der Waals surface area contributed by atoms with Crippen molar-refractivity contribution < 1.29 is 9.53 Å². The molecule has 3 rings (SSSR count). The maximum absolute atomic E-state index is 12.3. The number of rotatable bonds is 6. The van der Waals surface area contributed by atoms with Crippen molar-refractivity contribution >= 4 is 28.8 Å².